The molecule has 1 fully saturated rings. The van der Waals surface area contributed by atoms with Crippen LogP contribution in [0.2, 0.25) is 5.02 Å². The molecule has 0 radical (unpaired) electrons. The molecule has 1 saturated heterocycles. The zero-order valence-corrected chi connectivity index (χ0v) is 15.7. The van der Waals surface area contributed by atoms with Gasteiger partial charge >= 0.3 is 6.03 Å². The van der Waals surface area contributed by atoms with E-state index in [-0.39, 0.29) is 6.03 Å². The van der Waals surface area contributed by atoms with Crippen molar-refractivity contribution in [2.24, 2.45) is 0 Å². The van der Waals surface area contributed by atoms with E-state index in [1.54, 1.807) is 7.11 Å². The fraction of sp³-hybridized carbons (Fsp3) is 0.350. The largest absolute Gasteiger partial charge is 0.495 e. The molecule has 6 heteroatoms. The van der Waals surface area contributed by atoms with Crippen LogP contribution in [-0.4, -0.2) is 50.8 Å². The van der Waals surface area contributed by atoms with Gasteiger partial charge in [-0.25, -0.2) is 4.79 Å². The minimum atomic E-state index is -0.00126. The Labute approximate surface area is 159 Å². The smallest absolute Gasteiger partial charge is 0.317 e. The lowest BCUT2D eigenvalue weighted by Crippen LogP contribution is -2.52. The predicted molar refractivity (Wildman–Crippen MR) is 105 cm³/mol. The molecule has 1 N–H and O–H groups in total. The summed E-state index contributed by atoms with van der Waals surface area (Å²) in [6.07, 6.45) is 0.796. The van der Waals surface area contributed by atoms with E-state index in [9.17, 15) is 4.79 Å². The van der Waals surface area contributed by atoms with Crippen LogP contribution >= 0.6 is 11.6 Å². The molecule has 1 aliphatic rings. The molecule has 138 valence electrons. The number of ether oxygens (including phenoxy) is 1. The van der Waals surface area contributed by atoms with Gasteiger partial charge < -0.3 is 19.9 Å². The molecule has 2 aromatic carbocycles. The number of benzene rings is 2. The van der Waals surface area contributed by atoms with Gasteiger partial charge in [-0.05, 0) is 36.2 Å². The molecule has 3 rings (SSSR count). The van der Waals surface area contributed by atoms with Gasteiger partial charge in [0.25, 0.3) is 0 Å². The van der Waals surface area contributed by atoms with Gasteiger partial charge in [0.2, 0.25) is 0 Å². The number of anilines is 1. The highest BCUT2D eigenvalue weighted by molar-refractivity contribution is 6.30. The highest BCUT2D eigenvalue weighted by Gasteiger charge is 2.22. The van der Waals surface area contributed by atoms with Crippen molar-refractivity contribution >= 4 is 23.3 Å². The van der Waals surface area contributed by atoms with Crippen molar-refractivity contribution in [1.82, 2.24) is 10.2 Å². The van der Waals surface area contributed by atoms with E-state index >= 15 is 0 Å². The highest BCUT2D eigenvalue weighted by atomic mass is 35.5. The van der Waals surface area contributed by atoms with E-state index in [2.05, 4.69) is 16.3 Å². The van der Waals surface area contributed by atoms with Crippen LogP contribution in [0.4, 0.5) is 10.5 Å². The summed E-state index contributed by atoms with van der Waals surface area (Å²) in [4.78, 5) is 16.5. The van der Waals surface area contributed by atoms with Crippen LogP contribution in [0.1, 0.15) is 5.56 Å². The number of piperazine rings is 1. The van der Waals surface area contributed by atoms with Crippen molar-refractivity contribution in [3.8, 4) is 5.75 Å². The molecule has 5 nitrogen and oxygen atoms in total. The predicted octanol–water partition coefficient (Wildman–Crippen LogP) is 3.42. The van der Waals surface area contributed by atoms with E-state index in [0.717, 1.165) is 41.5 Å². The van der Waals surface area contributed by atoms with Gasteiger partial charge in [0.1, 0.15) is 5.75 Å². The SMILES string of the molecule is COc1ccccc1N1CCN(C(=O)NCCc2ccc(Cl)cc2)CC1. The molecule has 2 aromatic rings. The molecule has 0 atom stereocenters. The molecule has 0 aliphatic carbocycles. The van der Waals surface area contributed by atoms with Gasteiger partial charge in [-0.3, -0.25) is 0 Å². The Morgan fingerprint density at radius 3 is 2.46 bits per heavy atom. The third-order valence-electron chi connectivity index (χ3n) is 4.60. The fourth-order valence-electron chi connectivity index (χ4n) is 3.12. The first kappa shape index (κ1) is 18.4. The van der Waals surface area contributed by atoms with Gasteiger partial charge in [-0.2, -0.15) is 0 Å². The Balaban J connectivity index is 1.45. The number of urea groups is 1. The van der Waals surface area contributed by atoms with Crippen molar-refractivity contribution in [3.63, 3.8) is 0 Å². The number of halogens is 1. The van der Waals surface area contributed by atoms with Crippen molar-refractivity contribution in [2.45, 2.75) is 6.42 Å². The van der Waals surface area contributed by atoms with E-state index in [4.69, 9.17) is 16.3 Å². The van der Waals surface area contributed by atoms with Gasteiger partial charge in [0.05, 0.1) is 12.8 Å². The van der Waals surface area contributed by atoms with Crippen LogP contribution in [0.5, 0.6) is 5.75 Å². The molecule has 26 heavy (non-hydrogen) atoms. The number of carbonyl (C=O) groups excluding carboxylic acids is 1. The van der Waals surface area contributed by atoms with E-state index < -0.39 is 0 Å². The molecule has 1 aliphatic heterocycles. The van der Waals surface area contributed by atoms with Crippen LogP contribution in [0.25, 0.3) is 0 Å². The zero-order chi connectivity index (χ0) is 18.4. The lowest BCUT2D eigenvalue weighted by atomic mass is 10.1. The third kappa shape index (κ3) is 4.61. The van der Waals surface area contributed by atoms with E-state index in [1.807, 2.05) is 47.4 Å². The Morgan fingerprint density at radius 1 is 1.08 bits per heavy atom. The normalized spacial score (nSPS) is 14.2. The molecular formula is C20H24ClN3O2. The standard InChI is InChI=1S/C20H24ClN3O2/c1-26-19-5-3-2-4-18(19)23-12-14-24(15-13-23)20(25)22-11-10-16-6-8-17(21)9-7-16/h2-9H,10-15H2,1H3,(H,22,25). The van der Waals surface area contributed by atoms with Gasteiger partial charge in [-0.1, -0.05) is 35.9 Å². The minimum absolute atomic E-state index is 0.00126. The Bertz CT molecular complexity index is 728. The third-order valence-corrected chi connectivity index (χ3v) is 4.85. The second-order valence-corrected chi connectivity index (χ2v) is 6.69. The lowest BCUT2D eigenvalue weighted by Gasteiger charge is -2.36. The number of para-hydroxylation sites is 2. The Morgan fingerprint density at radius 2 is 1.77 bits per heavy atom. The lowest BCUT2D eigenvalue weighted by molar-refractivity contribution is 0.194. The number of nitrogens with one attached hydrogen (secondary N) is 1. The first-order valence-corrected chi connectivity index (χ1v) is 9.20. The van der Waals surface area contributed by atoms with Crippen molar-refractivity contribution in [3.05, 3.63) is 59.1 Å². The van der Waals surface area contributed by atoms with Crippen molar-refractivity contribution in [1.29, 1.82) is 0 Å². The van der Waals surface area contributed by atoms with Crippen LogP contribution in [0.3, 0.4) is 0 Å². The van der Waals surface area contributed by atoms with E-state index in [1.165, 1.54) is 0 Å². The molecule has 0 spiro atoms. The van der Waals surface area contributed by atoms with Gasteiger partial charge in [0.15, 0.2) is 0 Å². The zero-order valence-electron chi connectivity index (χ0n) is 15.0. The molecule has 0 bridgehead atoms. The first-order valence-electron chi connectivity index (χ1n) is 8.82. The summed E-state index contributed by atoms with van der Waals surface area (Å²) in [5, 5.41) is 3.73. The summed E-state index contributed by atoms with van der Waals surface area (Å²) in [5.74, 6) is 0.869. The average molecular weight is 374 g/mol. The molecule has 0 unspecified atom stereocenters. The number of hydrogen-bond acceptors (Lipinski definition) is 3. The van der Waals surface area contributed by atoms with Crippen LogP contribution < -0.4 is 15.0 Å². The second-order valence-electron chi connectivity index (χ2n) is 6.25. The number of rotatable bonds is 5. The quantitative estimate of drug-likeness (QED) is 0.873. The maximum Gasteiger partial charge on any atom is 0.317 e. The number of amides is 2. The molecule has 1 heterocycles. The maximum atomic E-state index is 12.4. The topological polar surface area (TPSA) is 44.8 Å². The Kier molecular flexibility index (Phi) is 6.23. The number of methoxy groups -OCH3 is 1. The first-order chi connectivity index (χ1) is 12.7. The molecular weight excluding hydrogens is 350 g/mol. The van der Waals surface area contributed by atoms with Gasteiger partial charge in [-0.15, -0.1) is 0 Å². The number of carbonyl (C=O) groups is 1. The summed E-state index contributed by atoms with van der Waals surface area (Å²) in [7, 11) is 1.68. The molecule has 2 amide bonds. The fourth-order valence-corrected chi connectivity index (χ4v) is 3.24. The van der Waals surface area contributed by atoms with Crippen molar-refractivity contribution in [2.75, 3.05) is 44.7 Å². The van der Waals surface area contributed by atoms with Crippen LogP contribution in [0, 0.1) is 0 Å². The highest BCUT2D eigenvalue weighted by Crippen LogP contribution is 2.28. The second kappa shape index (κ2) is 8.81. The number of hydrogen-bond donors (Lipinski definition) is 1. The van der Waals surface area contributed by atoms with Crippen LogP contribution in [0.15, 0.2) is 48.5 Å². The van der Waals surface area contributed by atoms with Crippen molar-refractivity contribution < 1.29 is 9.53 Å². The summed E-state index contributed by atoms with van der Waals surface area (Å²) in [5.41, 5.74) is 2.24. The number of nitrogens with zero attached hydrogens (tertiary/aromatic N) is 2. The summed E-state index contributed by atoms with van der Waals surface area (Å²) in [6, 6.07) is 15.7. The van der Waals surface area contributed by atoms with Gasteiger partial charge in [0, 0.05) is 37.7 Å². The monoisotopic (exact) mass is 373 g/mol. The summed E-state index contributed by atoms with van der Waals surface area (Å²) < 4.78 is 5.43. The molecule has 0 saturated carbocycles. The summed E-state index contributed by atoms with van der Waals surface area (Å²) >= 11 is 5.88. The average Bonchev–Trinajstić information content (AvgIpc) is 2.69. The van der Waals surface area contributed by atoms with E-state index in [0.29, 0.717) is 19.6 Å². The minimum Gasteiger partial charge on any atom is -0.495 e. The van der Waals surface area contributed by atoms with Crippen LogP contribution in [-0.2, 0) is 6.42 Å². The Hall–Kier alpha value is -2.40. The maximum absolute atomic E-state index is 12.4. The summed E-state index contributed by atoms with van der Waals surface area (Å²) in [6.45, 7) is 3.61. The molecule has 0 aromatic heterocycles.